The summed E-state index contributed by atoms with van der Waals surface area (Å²) in [5.41, 5.74) is 10.0. The van der Waals surface area contributed by atoms with Gasteiger partial charge in [-0.2, -0.15) is 4.98 Å². The normalized spacial score (nSPS) is 11.1. The molecule has 148 valence electrons. The molecule has 3 aromatic heterocycles. The maximum absolute atomic E-state index is 6.03. The Morgan fingerprint density at radius 1 is 0.931 bits per heavy atom. The molecule has 0 saturated carbocycles. The molecule has 0 fully saturated rings. The third-order valence-electron chi connectivity index (χ3n) is 4.55. The molecule has 29 heavy (non-hydrogen) atoms. The molecule has 8 nitrogen and oxygen atoms in total. The fourth-order valence-corrected chi connectivity index (χ4v) is 3.19. The van der Waals surface area contributed by atoms with Gasteiger partial charge in [-0.05, 0) is 43.3 Å². The van der Waals surface area contributed by atoms with Crippen molar-refractivity contribution in [3.8, 4) is 28.4 Å². The summed E-state index contributed by atoms with van der Waals surface area (Å²) in [6.07, 6.45) is 3.50. The van der Waals surface area contributed by atoms with Gasteiger partial charge < -0.3 is 19.8 Å². The number of benzene rings is 1. The molecular formula is C21H22N6O2. The first kappa shape index (κ1) is 18.8. The van der Waals surface area contributed by atoms with E-state index in [1.165, 1.54) is 0 Å². The van der Waals surface area contributed by atoms with Crippen molar-refractivity contribution in [2.45, 2.75) is 13.5 Å². The number of nitrogens with zero attached hydrogens (tertiary/aromatic N) is 5. The van der Waals surface area contributed by atoms with E-state index in [4.69, 9.17) is 20.2 Å². The Kier molecular flexibility index (Phi) is 5.35. The van der Waals surface area contributed by atoms with E-state index in [1.807, 2.05) is 41.0 Å². The largest absolute Gasteiger partial charge is 0.491 e. The van der Waals surface area contributed by atoms with E-state index < -0.39 is 0 Å². The lowest BCUT2D eigenvalue weighted by atomic mass is 10.1. The first-order valence-corrected chi connectivity index (χ1v) is 9.37. The van der Waals surface area contributed by atoms with E-state index in [9.17, 15) is 0 Å². The molecule has 4 rings (SSSR count). The quantitative estimate of drug-likeness (QED) is 0.484. The topological polar surface area (TPSA) is 101 Å². The molecule has 2 N–H and O–H groups in total. The number of imidazole rings is 1. The van der Waals surface area contributed by atoms with Crippen LogP contribution in [0.15, 0.2) is 48.8 Å². The lowest BCUT2D eigenvalue weighted by Crippen LogP contribution is -2.04. The van der Waals surface area contributed by atoms with Crippen molar-refractivity contribution in [1.82, 2.24) is 24.5 Å². The highest BCUT2D eigenvalue weighted by atomic mass is 16.5. The molecule has 1 aromatic carbocycles. The summed E-state index contributed by atoms with van der Waals surface area (Å²) in [4.78, 5) is 17.9. The van der Waals surface area contributed by atoms with Crippen molar-refractivity contribution < 1.29 is 9.47 Å². The molecule has 4 aromatic rings. The Morgan fingerprint density at radius 3 is 2.38 bits per heavy atom. The number of nitrogens with two attached hydrogens (primary N) is 1. The number of aryl methyl sites for hydroxylation is 1. The van der Waals surface area contributed by atoms with Gasteiger partial charge in [0.05, 0.1) is 6.61 Å². The summed E-state index contributed by atoms with van der Waals surface area (Å²) in [7, 11) is 1.65. The molecule has 0 bridgehead atoms. The lowest BCUT2D eigenvalue weighted by molar-refractivity contribution is 0.146. The van der Waals surface area contributed by atoms with Crippen LogP contribution in [-0.4, -0.2) is 44.8 Å². The highest BCUT2D eigenvalue weighted by molar-refractivity contribution is 5.90. The average Bonchev–Trinajstić information content (AvgIpc) is 3.13. The van der Waals surface area contributed by atoms with Gasteiger partial charge in [0, 0.05) is 37.2 Å². The zero-order valence-corrected chi connectivity index (χ0v) is 16.4. The van der Waals surface area contributed by atoms with Gasteiger partial charge in [-0.1, -0.05) is 0 Å². The molecule has 0 spiro atoms. The van der Waals surface area contributed by atoms with Gasteiger partial charge in [-0.15, -0.1) is 0 Å². The Balaban J connectivity index is 1.80. The van der Waals surface area contributed by atoms with Crippen LogP contribution in [0.5, 0.6) is 5.75 Å². The first-order valence-electron chi connectivity index (χ1n) is 9.37. The maximum Gasteiger partial charge on any atom is 0.222 e. The summed E-state index contributed by atoms with van der Waals surface area (Å²) in [6, 6.07) is 11.5. The fraction of sp³-hybridized carbons (Fsp3) is 0.238. The second-order valence-electron chi connectivity index (χ2n) is 6.38. The van der Waals surface area contributed by atoms with E-state index in [1.54, 1.807) is 19.5 Å². The molecule has 0 amide bonds. The molecule has 0 atom stereocenters. The molecule has 0 unspecified atom stereocenters. The van der Waals surface area contributed by atoms with Crippen molar-refractivity contribution in [1.29, 1.82) is 0 Å². The van der Waals surface area contributed by atoms with Crippen LogP contribution in [0.2, 0.25) is 0 Å². The second kappa shape index (κ2) is 8.24. The van der Waals surface area contributed by atoms with Crippen molar-refractivity contribution in [2.24, 2.45) is 0 Å². The minimum absolute atomic E-state index is 0.212. The van der Waals surface area contributed by atoms with Crippen LogP contribution < -0.4 is 10.5 Å². The number of nitrogen functional groups attached to an aromatic ring is 1. The number of ether oxygens (including phenoxy) is 2. The standard InChI is InChI=1S/C21H22N6O2/c1-3-27-19(15-8-10-23-11-9-15)24-18-17(25-21(22)26-20(18)27)14-4-6-16(7-5-14)29-13-12-28-2/h4-11H,3,12-13H2,1-2H3,(H2,22,25,26). The van der Waals surface area contributed by atoms with Crippen molar-refractivity contribution >= 4 is 17.1 Å². The number of fused-ring (bicyclic) bond motifs is 1. The van der Waals surface area contributed by atoms with Crippen LogP contribution in [0.25, 0.3) is 33.8 Å². The molecule has 0 radical (unpaired) electrons. The summed E-state index contributed by atoms with van der Waals surface area (Å²) in [5.74, 6) is 1.79. The predicted octanol–water partition coefficient (Wildman–Crippen LogP) is 3.18. The van der Waals surface area contributed by atoms with Crippen LogP contribution in [0, 0.1) is 0 Å². The van der Waals surface area contributed by atoms with Crippen LogP contribution in [-0.2, 0) is 11.3 Å². The van der Waals surface area contributed by atoms with Gasteiger partial charge in [0.15, 0.2) is 5.65 Å². The van der Waals surface area contributed by atoms with Crippen LogP contribution in [0.4, 0.5) is 5.95 Å². The number of pyridine rings is 1. The number of anilines is 1. The molecule has 0 aliphatic carbocycles. The van der Waals surface area contributed by atoms with Crippen LogP contribution >= 0.6 is 0 Å². The molecule has 0 aliphatic rings. The highest BCUT2D eigenvalue weighted by Gasteiger charge is 2.18. The highest BCUT2D eigenvalue weighted by Crippen LogP contribution is 2.31. The summed E-state index contributed by atoms with van der Waals surface area (Å²) in [5, 5.41) is 0. The summed E-state index contributed by atoms with van der Waals surface area (Å²) in [6.45, 7) is 3.79. The van der Waals surface area contributed by atoms with Crippen LogP contribution in [0.1, 0.15) is 6.92 Å². The zero-order chi connectivity index (χ0) is 20.2. The minimum atomic E-state index is 0.212. The number of rotatable bonds is 7. The van der Waals surface area contributed by atoms with Gasteiger partial charge in [0.1, 0.15) is 29.4 Å². The third kappa shape index (κ3) is 3.74. The average molecular weight is 390 g/mol. The third-order valence-corrected chi connectivity index (χ3v) is 4.55. The van der Waals surface area contributed by atoms with E-state index in [0.29, 0.717) is 36.6 Å². The number of methoxy groups -OCH3 is 1. The first-order chi connectivity index (χ1) is 14.2. The van der Waals surface area contributed by atoms with E-state index in [0.717, 1.165) is 22.7 Å². The Morgan fingerprint density at radius 2 is 1.69 bits per heavy atom. The Hall–Kier alpha value is -3.52. The molecular weight excluding hydrogens is 368 g/mol. The minimum Gasteiger partial charge on any atom is -0.491 e. The lowest BCUT2D eigenvalue weighted by Gasteiger charge is -2.08. The van der Waals surface area contributed by atoms with Gasteiger partial charge in [-0.25, -0.2) is 9.97 Å². The van der Waals surface area contributed by atoms with Crippen LogP contribution in [0.3, 0.4) is 0 Å². The monoisotopic (exact) mass is 390 g/mol. The number of hydrogen-bond acceptors (Lipinski definition) is 7. The Labute approximate surface area is 168 Å². The Bertz CT molecular complexity index is 1110. The van der Waals surface area contributed by atoms with E-state index in [-0.39, 0.29) is 5.95 Å². The summed E-state index contributed by atoms with van der Waals surface area (Å²) >= 11 is 0. The van der Waals surface area contributed by atoms with Gasteiger partial charge >= 0.3 is 0 Å². The fourth-order valence-electron chi connectivity index (χ4n) is 3.19. The van der Waals surface area contributed by atoms with Gasteiger partial charge in [-0.3, -0.25) is 4.98 Å². The van der Waals surface area contributed by atoms with Crippen molar-refractivity contribution in [2.75, 3.05) is 26.1 Å². The molecule has 0 saturated heterocycles. The van der Waals surface area contributed by atoms with E-state index in [2.05, 4.69) is 21.9 Å². The number of aromatic nitrogens is 5. The summed E-state index contributed by atoms with van der Waals surface area (Å²) < 4.78 is 12.7. The van der Waals surface area contributed by atoms with Gasteiger partial charge in [0.2, 0.25) is 5.95 Å². The SMILES string of the molecule is CCn1c(-c2ccncc2)nc2c(-c3ccc(OCCOC)cc3)nc(N)nc21. The smallest absolute Gasteiger partial charge is 0.222 e. The molecule has 3 heterocycles. The molecule has 8 heteroatoms. The van der Waals surface area contributed by atoms with E-state index >= 15 is 0 Å². The van der Waals surface area contributed by atoms with Crippen molar-refractivity contribution in [3.63, 3.8) is 0 Å². The number of hydrogen-bond donors (Lipinski definition) is 1. The maximum atomic E-state index is 6.03. The van der Waals surface area contributed by atoms with Gasteiger partial charge in [0.25, 0.3) is 0 Å². The van der Waals surface area contributed by atoms with Crippen molar-refractivity contribution in [3.05, 3.63) is 48.8 Å². The zero-order valence-electron chi connectivity index (χ0n) is 16.4. The predicted molar refractivity (Wildman–Crippen MR) is 111 cm³/mol. The molecule has 0 aliphatic heterocycles. The second-order valence-corrected chi connectivity index (χ2v) is 6.38.